The Labute approximate surface area is 289 Å². The first kappa shape index (κ1) is 36.4. The van der Waals surface area contributed by atoms with E-state index in [1.165, 1.54) is 0 Å². The zero-order chi connectivity index (χ0) is 33.9. The molecule has 8 heteroatoms. The molecule has 1 saturated heterocycles. The van der Waals surface area contributed by atoms with Gasteiger partial charge in [-0.15, -0.1) is 0 Å². The van der Waals surface area contributed by atoms with E-state index in [4.69, 9.17) is 33.5 Å². The molecule has 0 aromatic heterocycles. The molecule has 4 aromatic rings. The predicted octanol–water partition coefficient (Wildman–Crippen LogP) is 7.74. The van der Waals surface area contributed by atoms with Crippen LogP contribution in [0.3, 0.4) is 0 Å². The van der Waals surface area contributed by atoms with Crippen molar-refractivity contribution in [1.29, 1.82) is 0 Å². The number of hydrogen-bond acceptors (Lipinski definition) is 7. The highest BCUT2D eigenvalue weighted by Crippen LogP contribution is 2.32. The SMILES string of the molecule is O=C(O)CCCCCCO[C@H]1O[C@H](COCc2ccccc2)[C@@H](OCc2ccccc2)[C@H](OCc2ccccc2)[C@@H]1OCc1ccccc1. The number of benzene rings is 4. The summed E-state index contributed by atoms with van der Waals surface area (Å²) in [6.07, 6.45) is 0.330. The minimum atomic E-state index is -0.767. The van der Waals surface area contributed by atoms with Crippen molar-refractivity contribution in [1.82, 2.24) is 0 Å². The second-order valence-corrected chi connectivity index (χ2v) is 12.3. The van der Waals surface area contributed by atoms with Crippen LogP contribution in [-0.2, 0) is 59.6 Å². The smallest absolute Gasteiger partial charge is 0.303 e. The van der Waals surface area contributed by atoms with Gasteiger partial charge in [0.15, 0.2) is 6.29 Å². The van der Waals surface area contributed by atoms with E-state index in [0.717, 1.165) is 41.5 Å². The van der Waals surface area contributed by atoms with Gasteiger partial charge in [-0.1, -0.05) is 134 Å². The second kappa shape index (κ2) is 20.6. The molecule has 0 spiro atoms. The molecule has 5 atom stereocenters. The second-order valence-electron chi connectivity index (χ2n) is 12.3. The van der Waals surface area contributed by atoms with Gasteiger partial charge in [-0.2, -0.15) is 0 Å². The third-order valence-electron chi connectivity index (χ3n) is 8.41. The van der Waals surface area contributed by atoms with Crippen molar-refractivity contribution >= 4 is 5.97 Å². The maximum absolute atomic E-state index is 10.9. The van der Waals surface area contributed by atoms with Gasteiger partial charge in [-0.3, -0.25) is 4.79 Å². The van der Waals surface area contributed by atoms with Gasteiger partial charge in [0.25, 0.3) is 0 Å². The predicted molar refractivity (Wildman–Crippen MR) is 186 cm³/mol. The largest absolute Gasteiger partial charge is 0.481 e. The molecule has 1 aliphatic rings. The van der Waals surface area contributed by atoms with E-state index in [2.05, 4.69) is 0 Å². The number of aliphatic carboxylic acids is 1. The summed E-state index contributed by atoms with van der Waals surface area (Å²) in [4.78, 5) is 10.9. The van der Waals surface area contributed by atoms with E-state index >= 15 is 0 Å². The maximum atomic E-state index is 10.9. The third kappa shape index (κ3) is 12.5. The van der Waals surface area contributed by atoms with Crippen molar-refractivity contribution in [2.45, 2.75) is 89.2 Å². The monoisotopic (exact) mass is 668 g/mol. The van der Waals surface area contributed by atoms with Crippen molar-refractivity contribution in [3.05, 3.63) is 144 Å². The van der Waals surface area contributed by atoms with Crippen LogP contribution in [0.2, 0.25) is 0 Å². The van der Waals surface area contributed by atoms with Gasteiger partial charge in [0.1, 0.15) is 24.4 Å². The van der Waals surface area contributed by atoms with Crippen LogP contribution in [0.4, 0.5) is 0 Å². The fourth-order valence-corrected chi connectivity index (χ4v) is 5.81. The first-order valence-corrected chi connectivity index (χ1v) is 17.2. The molecule has 49 heavy (non-hydrogen) atoms. The van der Waals surface area contributed by atoms with Gasteiger partial charge in [-0.05, 0) is 35.1 Å². The van der Waals surface area contributed by atoms with Crippen molar-refractivity contribution in [3.63, 3.8) is 0 Å². The van der Waals surface area contributed by atoms with E-state index in [0.29, 0.717) is 39.5 Å². The molecule has 0 unspecified atom stereocenters. The molecule has 0 aliphatic carbocycles. The molecule has 1 fully saturated rings. The van der Waals surface area contributed by atoms with Crippen molar-refractivity contribution in [2.75, 3.05) is 13.2 Å². The molecule has 8 nitrogen and oxygen atoms in total. The van der Waals surface area contributed by atoms with Crippen LogP contribution in [-0.4, -0.2) is 55.0 Å². The van der Waals surface area contributed by atoms with Crippen LogP contribution in [0.1, 0.15) is 54.4 Å². The molecule has 1 heterocycles. The third-order valence-corrected chi connectivity index (χ3v) is 8.41. The lowest BCUT2D eigenvalue weighted by Gasteiger charge is -2.46. The molecule has 0 bridgehead atoms. The van der Waals surface area contributed by atoms with E-state index in [1.54, 1.807) is 0 Å². The summed E-state index contributed by atoms with van der Waals surface area (Å²) in [5.41, 5.74) is 4.16. The zero-order valence-electron chi connectivity index (χ0n) is 28.0. The highest BCUT2D eigenvalue weighted by atomic mass is 16.7. The average Bonchev–Trinajstić information content (AvgIpc) is 3.14. The van der Waals surface area contributed by atoms with Crippen molar-refractivity contribution in [2.24, 2.45) is 0 Å². The first-order chi connectivity index (χ1) is 24.2. The Morgan fingerprint density at radius 3 is 1.49 bits per heavy atom. The Kier molecular flexibility index (Phi) is 15.3. The lowest BCUT2D eigenvalue weighted by molar-refractivity contribution is -0.328. The highest BCUT2D eigenvalue weighted by Gasteiger charge is 2.49. The Hall–Kier alpha value is -3.89. The number of ether oxygens (including phenoxy) is 6. The standard InChI is InChI=1S/C41H48O8/c42-37(43)25-15-1-2-16-26-45-41-40(48-30-35-23-13-6-14-24-35)39(47-29-34-21-11-5-12-22-34)38(46-28-33-19-9-4-10-20-33)36(49-41)31-44-27-32-17-7-3-8-18-32/h3-14,17-24,36,38-41H,1-2,15-16,25-31H2,(H,42,43)/t36-,38-,39+,40+,41+/m1/s1. The van der Waals surface area contributed by atoms with Crippen LogP contribution in [0, 0.1) is 0 Å². The summed E-state index contributed by atoms with van der Waals surface area (Å²) >= 11 is 0. The highest BCUT2D eigenvalue weighted by molar-refractivity contribution is 5.66. The lowest BCUT2D eigenvalue weighted by atomic mass is 9.97. The minimum Gasteiger partial charge on any atom is -0.481 e. The molecule has 260 valence electrons. The fraction of sp³-hybridized carbons (Fsp3) is 0.390. The summed E-state index contributed by atoms with van der Waals surface area (Å²) in [7, 11) is 0. The van der Waals surface area contributed by atoms with Crippen molar-refractivity contribution < 1.29 is 38.3 Å². The summed E-state index contributed by atoms with van der Waals surface area (Å²) in [6, 6.07) is 40.2. The van der Waals surface area contributed by atoms with Crippen LogP contribution >= 0.6 is 0 Å². The molecule has 4 aromatic carbocycles. The van der Waals surface area contributed by atoms with E-state index < -0.39 is 36.7 Å². The number of hydrogen-bond donors (Lipinski definition) is 1. The number of rotatable bonds is 21. The Morgan fingerprint density at radius 1 is 0.531 bits per heavy atom. The van der Waals surface area contributed by atoms with Gasteiger partial charge in [0.2, 0.25) is 0 Å². The van der Waals surface area contributed by atoms with Crippen LogP contribution in [0.25, 0.3) is 0 Å². The molecule has 0 saturated carbocycles. The van der Waals surface area contributed by atoms with Crippen LogP contribution in [0.5, 0.6) is 0 Å². The van der Waals surface area contributed by atoms with Crippen molar-refractivity contribution in [3.8, 4) is 0 Å². The zero-order valence-corrected chi connectivity index (χ0v) is 28.0. The number of unbranched alkanes of at least 4 members (excludes halogenated alkanes) is 3. The maximum Gasteiger partial charge on any atom is 0.303 e. The molecule has 0 radical (unpaired) electrons. The first-order valence-electron chi connectivity index (χ1n) is 17.2. The van der Waals surface area contributed by atoms with Gasteiger partial charge >= 0.3 is 5.97 Å². The Bertz CT molecular complexity index is 1450. The number of carboxylic acid groups (broad SMARTS) is 1. The minimum absolute atomic E-state index is 0.178. The normalized spacial score (nSPS) is 20.6. The fourth-order valence-electron chi connectivity index (χ4n) is 5.81. The van der Waals surface area contributed by atoms with Crippen LogP contribution < -0.4 is 0 Å². The molecule has 1 N–H and O–H groups in total. The Morgan fingerprint density at radius 2 is 0.980 bits per heavy atom. The summed E-state index contributed by atoms with van der Waals surface area (Å²) in [5, 5.41) is 8.98. The van der Waals surface area contributed by atoms with Gasteiger partial charge in [0.05, 0.1) is 33.0 Å². The van der Waals surface area contributed by atoms with Gasteiger partial charge in [-0.25, -0.2) is 0 Å². The number of carbonyl (C=O) groups is 1. The average molecular weight is 669 g/mol. The topological polar surface area (TPSA) is 92.7 Å². The van der Waals surface area contributed by atoms with E-state index in [1.807, 2.05) is 121 Å². The molecule has 0 amide bonds. The quantitative estimate of drug-likeness (QED) is 0.0902. The van der Waals surface area contributed by atoms with Gasteiger partial charge < -0.3 is 33.5 Å². The van der Waals surface area contributed by atoms with Crippen LogP contribution in [0.15, 0.2) is 121 Å². The summed E-state index contributed by atoms with van der Waals surface area (Å²) < 4.78 is 39.5. The van der Waals surface area contributed by atoms with Gasteiger partial charge in [0, 0.05) is 13.0 Å². The lowest BCUT2D eigenvalue weighted by Crippen LogP contribution is -2.61. The summed E-state index contributed by atoms with van der Waals surface area (Å²) in [5.74, 6) is -0.767. The van der Waals surface area contributed by atoms with E-state index in [-0.39, 0.29) is 13.0 Å². The summed E-state index contributed by atoms with van der Waals surface area (Å²) in [6.45, 7) is 2.19. The number of carboxylic acids is 1. The molecular formula is C41H48O8. The van der Waals surface area contributed by atoms with E-state index in [9.17, 15) is 4.79 Å². The Balaban J connectivity index is 1.38. The molecule has 5 rings (SSSR count). The molecule has 1 aliphatic heterocycles. The molecular weight excluding hydrogens is 620 g/mol.